The van der Waals surface area contributed by atoms with Gasteiger partial charge in [-0.25, -0.2) is 18.4 Å². The van der Waals surface area contributed by atoms with Gasteiger partial charge >= 0.3 is 5.97 Å². The van der Waals surface area contributed by atoms with Crippen LogP contribution in [-0.2, 0) is 19.6 Å². The monoisotopic (exact) mass is 364 g/mol. The van der Waals surface area contributed by atoms with Crippen LogP contribution < -0.4 is 10.5 Å². The van der Waals surface area contributed by atoms with Crippen LogP contribution in [-0.4, -0.2) is 26.3 Å². The number of carbonyl (C=O) groups excluding carboxylic acids is 2. The summed E-state index contributed by atoms with van der Waals surface area (Å²) in [6.07, 6.45) is 0.603. The minimum Gasteiger partial charge on any atom is -0.441 e. The Hall–Kier alpha value is -2.65. The van der Waals surface area contributed by atoms with Crippen molar-refractivity contribution in [3.8, 4) is 0 Å². The number of amides is 1. The highest BCUT2D eigenvalue weighted by atomic mass is 32.2. The summed E-state index contributed by atoms with van der Waals surface area (Å²) in [5, 5.41) is 7.15. The zero-order chi connectivity index (χ0) is 18.0. The maximum atomic E-state index is 12.4. The molecule has 0 aliphatic heterocycles. The Kier molecular flexibility index (Phi) is 4.60. The van der Waals surface area contributed by atoms with Gasteiger partial charge < -0.3 is 14.5 Å². The summed E-state index contributed by atoms with van der Waals surface area (Å²) in [5.41, 5.74) is 0.493. The van der Waals surface area contributed by atoms with Gasteiger partial charge in [-0.2, -0.15) is 0 Å². The smallest absolute Gasteiger partial charge is 0.375 e. The van der Waals surface area contributed by atoms with Crippen molar-refractivity contribution in [2.24, 2.45) is 5.14 Å². The molecular weight excluding hydrogens is 348 g/mol. The lowest BCUT2D eigenvalue weighted by molar-refractivity contribution is -0.130. The number of benzene rings is 1. The van der Waals surface area contributed by atoms with E-state index in [0.29, 0.717) is 5.56 Å². The Morgan fingerprint density at radius 3 is 2.40 bits per heavy atom. The van der Waals surface area contributed by atoms with Crippen molar-refractivity contribution in [1.29, 1.82) is 0 Å². The number of furan rings is 1. The molecule has 2 aromatic rings. The van der Waals surface area contributed by atoms with E-state index in [0.717, 1.165) is 25.0 Å². The molecule has 1 unspecified atom stereocenters. The summed E-state index contributed by atoms with van der Waals surface area (Å²) in [7, 11) is -4.07. The minimum absolute atomic E-state index is 0.0926. The van der Waals surface area contributed by atoms with Crippen LogP contribution >= 0.6 is 0 Å². The number of hydrogen-bond donors (Lipinski definition) is 2. The summed E-state index contributed by atoms with van der Waals surface area (Å²) in [5.74, 6) is -1.76. The van der Waals surface area contributed by atoms with Crippen LogP contribution in [0, 0.1) is 0 Å². The van der Waals surface area contributed by atoms with E-state index in [2.05, 4.69) is 5.32 Å². The van der Waals surface area contributed by atoms with E-state index in [1.165, 1.54) is 0 Å². The highest BCUT2D eigenvalue weighted by Gasteiger charge is 2.32. The van der Waals surface area contributed by atoms with Gasteiger partial charge in [0, 0.05) is 11.6 Å². The van der Waals surface area contributed by atoms with Crippen LogP contribution in [0.4, 0.5) is 0 Å². The normalized spacial score (nSPS) is 15.4. The van der Waals surface area contributed by atoms with Gasteiger partial charge in [0.15, 0.2) is 0 Å². The fourth-order valence-electron chi connectivity index (χ4n) is 2.15. The first-order valence-corrected chi connectivity index (χ1v) is 9.08. The molecule has 1 aliphatic rings. The average molecular weight is 364 g/mol. The molecule has 1 aromatic heterocycles. The largest absolute Gasteiger partial charge is 0.441 e. The second-order valence-corrected chi connectivity index (χ2v) is 7.13. The van der Waals surface area contributed by atoms with Crippen molar-refractivity contribution in [3.05, 3.63) is 53.8 Å². The van der Waals surface area contributed by atoms with E-state index in [9.17, 15) is 18.0 Å². The number of esters is 1. The predicted octanol–water partition coefficient (Wildman–Crippen LogP) is 1.10. The highest BCUT2D eigenvalue weighted by Crippen LogP contribution is 2.24. The number of primary sulfonamides is 1. The quantitative estimate of drug-likeness (QED) is 0.739. The summed E-state index contributed by atoms with van der Waals surface area (Å²) >= 11 is 0. The number of carbonyl (C=O) groups is 2. The Morgan fingerprint density at radius 1 is 1.16 bits per heavy atom. The third-order valence-corrected chi connectivity index (χ3v) is 4.33. The van der Waals surface area contributed by atoms with Crippen molar-refractivity contribution in [2.75, 3.05) is 0 Å². The lowest BCUT2D eigenvalue weighted by atomic mass is 10.1. The first-order valence-electron chi connectivity index (χ1n) is 7.53. The standard InChI is InChI=1S/C16H16N2O6S/c17-25(21,22)13-9-8-12(23-13)16(20)24-14(10-4-2-1-3-5-10)15(19)18-11-6-7-11/h1-5,8-9,11,14H,6-7H2,(H,18,19)(H2,17,21,22). The highest BCUT2D eigenvalue weighted by molar-refractivity contribution is 7.89. The van der Waals surface area contributed by atoms with Gasteiger partial charge in [0.25, 0.3) is 15.9 Å². The minimum atomic E-state index is -4.07. The number of nitrogens with two attached hydrogens (primary N) is 1. The van der Waals surface area contributed by atoms with Crippen LogP contribution in [0.2, 0.25) is 0 Å². The summed E-state index contributed by atoms with van der Waals surface area (Å²) in [6.45, 7) is 0. The molecule has 0 saturated heterocycles. The van der Waals surface area contributed by atoms with Crippen molar-refractivity contribution >= 4 is 21.9 Å². The molecular formula is C16H16N2O6S. The second kappa shape index (κ2) is 6.69. The molecule has 0 radical (unpaired) electrons. The fourth-order valence-corrected chi connectivity index (χ4v) is 2.62. The molecule has 132 valence electrons. The first kappa shape index (κ1) is 17.2. The average Bonchev–Trinajstić information content (AvgIpc) is 3.23. The molecule has 1 fully saturated rings. The van der Waals surface area contributed by atoms with Gasteiger partial charge in [-0.3, -0.25) is 4.79 Å². The van der Waals surface area contributed by atoms with Crippen molar-refractivity contribution in [1.82, 2.24) is 5.32 Å². The zero-order valence-electron chi connectivity index (χ0n) is 13.0. The SMILES string of the molecule is NS(=O)(=O)c1ccc(C(=O)OC(C(=O)NC2CC2)c2ccccc2)o1. The van der Waals surface area contributed by atoms with E-state index in [4.69, 9.17) is 14.3 Å². The molecule has 25 heavy (non-hydrogen) atoms. The van der Waals surface area contributed by atoms with E-state index in [1.807, 2.05) is 0 Å². The van der Waals surface area contributed by atoms with E-state index in [-0.39, 0.29) is 11.8 Å². The summed E-state index contributed by atoms with van der Waals surface area (Å²) in [6, 6.07) is 10.8. The molecule has 0 bridgehead atoms. The van der Waals surface area contributed by atoms with Gasteiger partial charge in [0.05, 0.1) is 0 Å². The van der Waals surface area contributed by atoms with Gasteiger partial charge in [0.1, 0.15) is 0 Å². The van der Waals surface area contributed by atoms with Crippen molar-refractivity contribution in [2.45, 2.75) is 30.1 Å². The van der Waals surface area contributed by atoms with Crippen LogP contribution in [0.3, 0.4) is 0 Å². The number of sulfonamides is 1. The Morgan fingerprint density at radius 2 is 1.84 bits per heavy atom. The van der Waals surface area contributed by atoms with Crippen molar-refractivity contribution < 1.29 is 27.2 Å². The zero-order valence-corrected chi connectivity index (χ0v) is 13.9. The second-order valence-electron chi connectivity index (χ2n) is 5.64. The van der Waals surface area contributed by atoms with E-state index < -0.39 is 33.1 Å². The van der Waals surface area contributed by atoms with E-state index >= 15 is 0 Å². The third-order valence-electron chi connectivity index (χ3n) is 3.55. The Bertz CT molecular complexity index is 886. The van der Waals surface area contributed by atoms with Crippen LogP contribution in [0.1, 0.15) is 35.1 Å². The van der Waals surface area contributed by atoms with Crippen LogP contribution in [0.15, 0.2) is 52.0 Å². The fraction of sp³-hybridized carbons (Fsp3) is 0.250. The lowest BCUT2D eigenvalue weighted by Gasteiger charge is -2.17. The molecule has 3 rings (SSSR count). The molecule has 8 nitrogen and oxygen atoms in total. The number of nitrogens with one attached hydrogen (secondary N) is 1. The van der Waals surface area contributed by atoms with Gasteiger partial charge in [-0.1, -0.05) is 30.3 Å². The molecule has 1 aliphatic carbocycles. The molecule has 1 atom stereocenters. The molecule has 1 aromatic carbocycles. The number of ether oxygens (including phenoxy) is 1. The number of hydrogen-bond acceptors (Lipinski definition) is 6. The number of rotatable bonds is 6. The molecule has 3 N–H and O–H groups in total. The van der Waals surface area contributed by atoms with Gasteiger partial charge in [-0.15, -0.1) is 0 Å². The molecule has 9 heteroatoms. The van der Waals surface area contributed by atoms with Gasteiger partial charge in [-0.05, 0) is 25.0 Å². The van der Waals surface area contributed by atoms with Crippen LogP contribution in [0.5, 0.6) is 0 Å². The van der Waals surface area contributed by atoms with Gasteiger partial charge in [0.2, 0.25) is 17.0 Å². The van der Waals surface area contributed by atoms with Crippen LogP contribution in [0.25, 0.3) is 0 Å². The topological polar surface area (TPSA) is 129 Å². The van der Waals surface area contributed by atoms with Crippen molar-refractivity contribution in [3.63, 3.8) is 0 Å². The summed E-state index contributed by atoms with van der Waals surface area (Å²) < 4.78 is 32.6. The Balaban J connectivity index is 1.80. The third kappa shape index (κ3) is 4.25. The molecule has 1 saturated carbocycles. The molecule has 1 amide bonds. The summed E-state index contributed by atoms with van der Waals surface area (Å²) in [4.78, 5) is 24.6. The maximum absolute atomic E-state index is 12.4. The maximum Gasteiger partial charge on any atom is 0.375 e. The first-order chi connectivity index (χ1) is 11.8. The molecule has 1 heterocycles. The lowest BCUT2D eigenvalue weighted by Crippen LogP contribution is -2.33. The predicted molar refractivity (Wildman–Crippen MR) is 85.8 cm³/mol. The van der Waals surface area contributed by atoms with E-state index in [1.54, 1.807) is 30.3 Å². The molecule has 0 spiro atoms. The Labute approximate surface area is 144 Å².